The Morgan fingerprint density at radius 2 is 0.921 bits per heavy atom. The Morgan fingerprint density at radius 1 is 0.553 bits per heavy atom. The first kappa shape index (κ1) is 30.6. The molecule has 0 aliphatic carbocycles. The van der Waals surface area contributed by atoms with Crippen molar-refractivity contribution in [3.8, 4) is 0 Å². The molecule has 1 aliphatic rings. The van der Waals surface area contributed by atoms with Gasteiger partial charge in [0.2, 0.25) is 20.0 Å². The Morgan fingerprint density at radius 3 is 1.29 bits per heavy atom. The van der Waals surface area contributed by atoms with Crippen molar-refractivity contribution in [2.75, 3.05) is 78.8 Å². The van der Waals surface area contributed by atoms with Crippen LogP contribution in [0.15, 0.2) is 58.3 Å². The van der Waals surface area contributed by atoms with Crippen molar-refractivity contribution in [3.63, 3.8) is 0 Å². The summed E-state index contributed by atoms with van der Waals surface area (Å²) in [7, 11) is -7.68. The monoisotopic (exact) mass is 568 g/mol. The van der Waals surface area contributed by atoms with Gasteiger partial charge in [-0.2, -0.15) is 8.61 Å². The average Bonchev–Trinajstić information content (AvgIpc) is 2.89. The van der Waals surface area contributed by atoms with E-state index in [0.717, 1.165) is 11.1 Å². The van der Waals surface area contributed by atoms with Crippen molar-refractivity contribution in [1.29, 1.82) is 0 Å². The molecule has 0 spiro atoms. The Kier molecular flexibility index (Phi) is 12.1. The van der Waals surface area contributed by atoms with Crippen molar-refractivity contribution in [2.24, 2.45) is 0 Å². The average molecular weight is 569 g/mol. The second-order valence-corrected chi connectivity index (χ2v) is 13.0. The summed E-state index contributed by atoms with van der Waals surface area (Å²) in [6.07, 6.45) is 0. The first-order valence-electron chi connectivity index (χ1n) is 12.9. The molecule has 3 rings (SSSR count). The highest BCUT2D eigenvalue weighted by atomic mass is 32.2. The molecule has 0 radical (unpaired) electrons. The van der Waals surface area contributed by atoms with Crippen LogP contribution in [0.2, 0.25) is 0 Å². The maximum atomic E-state index is 13.6. The summed E-state index contributed by atoms with van der Waals surface area (Å²) in [6.45, 7) is 8.04. The van der Waals surface area contributed by atoms with E-state index < -0.39 is 20.0 Å². The third-order valence-corrected chi connectivity index (χ3v) is 10.0. The highest BCUT2D eigenvalue weighted by Gasteiger charge is 2.29. The van der Waals surface area contributed by atoms with Gasteiger partial charge in [0.1, 0.15) is 0 Å². The summed E-state index contributed by atoms with van der Waals surface area (Å²) in [5.74, 6) is 0. The van der Waals surface area contributed by atoms with Gasteiger partial charge in [0.25, 0.3) is 0 Å². The van der Waals surface area contributed by atoms with E-state index in [0.29, 0.717) is 52.6 Å². The van der Waals surface area contributed by atoms with Crippen LogP contribution in [-0.2, 0) is 29.5 Å². The summed E-state index contributed by atoms with van der Waals surface area (Å²) in [4.78, 5) is 0.367. The lowest BCUT2D eigenvalue weighted by Crippen LogP contribution is -2.45. The Bertz CT molecular complexity index is 1090. The number of hydrogen-bond acceptors (Lipinski definition) is 8. The molecule has 1 aliphatic heterocycles. The van der Waals surface area contributed by atoms with E-state index in [9.17, 15) is 16.8 Å². The minimum atomic E-state index is -3.84. The molecule has 1 saturated heterocycles. The van der Waals surface area contributed by atoms with Crippen LogP contribution in [0.5, 0.6) is 0 Å². The summed E-state index contributed by atoms with van der Waals surface area (Å²) >= 11 is 0. The lowest BCUT2D eigenvalue weighted by atomic mass is 10.2. The van der Waals surface area contributed by atoms with Gasteiger partial charge in [-0.1, -0.05) is 35.4 Å². The molecule has 0 aromatic heterocycles. The molecule has 1 fully saturated rings. The molecule has 38 heavy (non-hydrogen) atoms. The zero-order valence-corrected chi connectivity index (χ0v) is 23.9. The molecule has 2 aromatic carbocycles. The third kappa shape index (κ3) is 9.09. The normalized spacial score (nSPS) is 19.4. The predicted molar refractivity (Wildman–Crippen MR) is 147 cm³/mol. The van der Waals surface area contributed by atoms with Crippen LogP contribution in [0.1, 0.15) is 11.1 Å². The topological polar surface area (TPSA) is 117 Å². The van der Waals surface area contributed by atoms with Crippen LogP contribution in [0.25, 0.3) is 0 Å². The van der Waals surface area contributed by atoms with E-state index in [1.54, 1.807) is 48.5 Å². The largest absolute Gasteiger partial charge is 0.378 e. The number of sulfonamides is 2. The fourth-order valence-electron chi connectivity index (χ4n) is 3.91. The summed E-state index contributed by atoms with van der Waals surface area (Å²) in [5.41, 5.74) is 1.91. The number of hydrogen-bond donors (Lipinski definition) is 2. The molecule has 0 unspecified atom stereocenters. The summed E-state index contributed by atoms with van der Waals surface area (Å²) in [6, 6.07) is 13.4. The fraction of sp³-hybridized carbons (Fsp3) is 0.538. The number of nitrogens with one attached hydrogen (secondary N) is 2. The van der Waals surface area contributed by atoms with Gasteiger partial charge in [-0.25, -0.2) is 16.8 Å². The molecule has 1 heterocycles. The van der Waals surface area contributed by atoms with Gasteiger partial charge in [0.05, 0.1) is 36.2 Å². The molecular formula is C26H40N4O6S2. The minimum Gasteiger partial charge on any atom is -0.378 e. The quantitative estimate of drug-likeness (QED) is 0.566. The second kappa shape index (κ2) is 15.0. The molecule has 10 nitrogen and oxygen atoms in total. The fourth-order valence-corrected chi connectivity index (χ4v) is 6.78. The molecule has 2 aromatic rings. The van der Waals surface area contributed by atoms with E-state index in [1.165, 1.54) is 8.61 Å². The van der Waals surface area contributed by atoms with Gasteiger partial charge in [-0.15, -0.1) is 0 Å². The van der Waals surface area contributed by atoms with Crippen molar-refractivity contribution in [2.45, 2.75) is 23.6 Å². The van der Waals surface area contributed by atoms with E-state index in [1.807, 2.05) is 13.8 Å². The number of nitrogens with zero attached hydrogens (tertiary/aromatic N) is 2. The van der Waals surface area contributed by atoms with Gasteiger partial charge < -0.3 is 20.1 Å². The van der Waals surface area contributed by atoms with Crippen molar-refractivity contribution >= 4 is 20.0 Å². The molecule has 0 amide bonds. The van der Waals surface area contributed by atoms with Gasteiger partial charge in [-0.05, 0) is 38.1 Å². The Balaban J connectivity index is 1.84. The van der Waals surface area contributed by atoms with Crippen LogP contribution in [0.3, 0.4) is 0 Å². The second-order valence-electron chi connectivity index (χ2n) is 9.16. The molecule has 0 saturated carbocycles. The molecule has 2 N–H and O–H groups in total. The highest BCUT2D eigenvalue weighted by molar-refractivity contribution is 7.89. The molecule has 0 bridgehead atoms. The van der Waals surface area contributed by atoms with E-state index in [2.05, 4.69) is 10.6 Å². The summed E-state index contributed by atoms with van der Waals surface area (Å²) < 4.78 is 68.1. The number of rotatable bonds is 4. The maximum absolute atomic E-state index is 13.6. The minimum absolute atomic E-state index is 0.0165. The Labute approximate surface area is 227 Å². The van der Waals surface area contributed by atoms with Crippen LogP contribution in [0.4, 0.5) is 0 Å². The number of ether oxygens (including phenoxy) is 2. The molecule has 0 atom stereocenters. The van der Waals surface area contributed by atoms with Gasteiger partial charge >= 0.3 is 0 Å². The first-order valence-corrected chi connectivity index (χ1v) is 15.8. The van der Waals surface area contributed by atoms with Gasteiger partial charge in [-0.3, -0.25) is 0 Å². The lowest BCUT2D eigenvalue weighted by molar-refractivity contribution is 0.0498. The standard InChI is InChI=1S/C26H40N4O6S2/c1-23-3-7-25(8-4-23)37(31,32)29-15-11-27-13-19-35-21-22-36-20-14-28-12-16-30(18-17-29)38(33,34)26-9-5-24(2)6-10-26/h3-10,27-28H,11-22H2,1-2H3. The molecule has 212 valence electrons. The first-order chi connectivity index (χ1) is 18.2. The zero-order chi connectivity index (χ0) is 27.4. The van der Waals surface area contributed by atoms with Gasteiger partial charge in [0, 0.05) is 52.4 Å². The maximum Gasteiger partial charge on any atom is 0.243 e. The zero-order valence-electron chi connectivity index (χ0n) is 22.3. The summed E-state index contributed by atoms with van der Waals surface area (Å²) in [5, 5.41) is 6.42. The van der Waals surface area contributed by atoms with Gasteiger partial charge in [0.15, 0.2) is 0 Å². The number of benzene rings is 2. The number of aryl methyl sites for hydroxylation is 2. The Hall–Kier alpha value is -1.90. The van der Waals surface area contributed by atoms with Crippen LogP contribution in [0, 0.1) is 13.8 Å². The van der Waals surface area contributed by atoms with Crippen LogP contribution in [-0.4, -0.2) is 104 Å². The molecular weight excluding hydrogens is 528 g/mol. The molecule has 12 heteroatoms. The highest BCUT2D eigenvalue weighted by Crippen LogP contribution is 2.19. The third-order valence-electron chi connectivity index (χ3n) is 6.21. The van der Waals surface area contributed by atoms with Crippen LogP contribution < -0.4 is 10.6 Å². The smallest absolute Gasteiger partial charge is 0.243 e. The predicted octanol–water partition coefficient (Wildman–Crippen LogP) is 1.21. The van der Waals surface area contributed by atoms with E-state index >= 15 is 0 Å². The van der Waals surface area contributed by atoms with Crippen LogP contribution >= 0.6 is 0 Å². The van der Waals surface area contributed by atoms with Crippen molar-refractivity contribution < 1.29 is 26.3 Å². The van der Waals surface area contributed by atoms with Crippen molar-refractivity contribution in [3.05, 3.63) is 59.7 Å². The van der Waals surface area contributed by atoms with E-state index in [4.69, 9.17) is 9.47 Å². The SMILES string of the molecule is Cc1ccc(S(=O)(=O)N2CCNCCOCCOCCNCCN(S(=O)(=O)c3ccc(C)cc3)CC2)cc1. The van der Waals surface area contributed by atoms with Crippen molar-refractivity contribution in [1.82, 2.24) is 19.2 Å². The van der Waals surface area contributed by atoms with E-state index in [-0.39, 0.29) is 36.0 Å². The lowest BCUT2D eigenvalue weighted by Gasteiger charge is -2.27.